The average Bonchev–Trinajstić information content (AvgIpc) is 2.82. The Bertz CT molecular complexity index is 982. The van der Waals surface area contributed by atoms with Crippen LogP contribution in [0.3, 0.4) is 0 Å². The first-order chi connectivity index (χ1) is 14.8. The van der Waals surface area contributed by atoms with Crippen LogP contribution in [0.15, 0.2) is 115 Å². The quantitative estimate of drug-likeness (QED) is 0.213. The number of hydrogen-bond donors (Lipinski definition) is 0. The lowest BCUT2D eigenvalue weighted by molar-refractivity contribution is 1.01. The van der Waals surface area contributed by atoms with Gasteiger partial charge in [-0.1, -0.05) is 24.3 Å². The van der Waals surface area contributed by atoms with Gasteiger partial charge in [0, 0.05) is 12.4 Å². The average molecular weight is 503 g/mol. The number of rotatable bonds is 9. The van der Waals surface area contributed by atoms with Gasteiger partial charge < -0.3 is 0 Å². The summed E-state index contributed by atoms with van der Waals surface area (Å²) in [5, 5.41) is 5.77. The van der Waals surface area contributed by atoms with Gasteiger partial charge in [-0.25, -0.2) is 19.9 Å². The van der Waals surface area contributed by atoms with E-state index < -0.39 is 0 Å². The van der Waals surface area contributed by atoms with Crippen molar-refractivity contribution in [3.63, 3.8) is 0 Å². The highest BCUT2D eigenvalue weighted by atomic mass is 33.1. The van der Waals surface area contributed by atoms with E-state index in [1.165, 1.54) is 0 Å². The van der Waals surface area contributed by atoms with E-state index in [1.54, 1.807) is 77.2 Å². The third-order valence-corrected chi connectivity index (χ3v) is 9.80. The highest BCUT2D eigenvalue weighted by Crippen LogP contribution is 2.40. The normalized spacial score (nSPS) is 10.8. The van der Waals surface area contributed by atoms with Gasteiger partial charge in [-0.3, -0.25) is 0 Å². The van der Waals surface area contributed by atoms with E-state index in [4.69, 9.17) is 9.97 Å². The number of nitrogens with zero attached hydrogens (tertiary/aromatic N) is 4. The summed E-state index contributed by atoms with van der Waals surface area (Å²) < 4.78 is 0. The van der Waals surface area contributed by atoms with Gasteiger partial charge in [0.1, 0.15) is 30.2 Å². The van der Waals surface area contributed by atoms with Crippen molar-refractivity contribution in [2.45, 2.75) is 30.2 Å². The predicted octanol–water partition coefficient (Wildman–Crippen LogP) is 7.66. The molecule has 0 unspecified atom stereocenters. The molecule has 0 aliphatic heterocycles. The second-order valence-corrected chi connectivity index (χ2v) is 12.0. The lowest BCUT2D eigenvalue weighted by Gasteiger charge is -2.04. The van der Waals surface area contributed by atoms with Gasteiger partial charge in [0.2, 0.25) is 0 Å². The van der Waals surface area contributed by atoms with Crippen LogP contribution in [0, 0.1) is 0 Å². The Morgan fingerprint density at radius 2 is 0.700 bits per heavy atom. The van der Waals surface area contributed by atoms with E-state index >= 15 is 0 Å². The third-order valence-electron chi connectivity index (χ3n) is 3.31. The van der Waals surface area contributed by atoms with Gasteiger partial charge in [-0.05, 0) is 113 Å². The van der Waals surface area contributed by atoms with Crippen LogP contribution in [-0.4, -0.2) is 19.9 Å². The van der Waals surface area contributed by atoms with Crippen LogP contribution in [0.4, 0.5) is 0 Å². The molecule has 0 spiro atoms. The molecule has 4 aromatic heterocycles. The maximum atomic E-state index is 4.71. The van der Waals surface area contributed by atoms with Crippen LogP contribution in [-0.2, 0) is 0 Å². The van der Waals surface area contributed by atoms with Gasteiger partial charge in [0.15, 0.2) is 0 Å². The first kappa shape index (κ1) is 21.9. The van der Waals surface area contributed by atoms with Crippen LogP contribution in [0.2, 0.25) is 0 Å². The molecule has 0 saturated carbocycles. The first-order valence-corrected chi connectivity index (χ1v) is 15.1. The SMILES string of the molecule is c1ccc(SSc2cccc(SSc3cccc(SSc4ccccn4)n3)n2)nc1. The molecule has 0 atom stereocenters. The highest BCUT2D eigenvalue weighted by Gasteiger charge is 2.06. The summed E-state index contributed by atoms with van der Waals surface area (Å²) >= 11 is 0. The topological polar surface area (TPSA) is 51.6 Å². The van der Waals surface area contributed by atoms with Gasteiger partial charge in [-0.2, -0.15) is 0 Å². The summed E-state index contributed by atoms with van der Waals surface area (Å²) in [6.45, 7) is 0. The molecule has 0 N–H and O–H groups in total. The molecule has 4 aromatic rings. The Hall–Kier alpha value is -1.30. The summed E-state index contributed by atoms with van der Waals surface area (Å²) in [6.07, 6.45) is 3.60. The maximum Gasteiger partial charge on any atom is 0.108 e. The van der Waals surface area contributed by atoms with E-state index in [-0.39, 0.29) is 0 Å². The predicted molar refractivity (Wildman–Crippen MR) is 132 cm³/mol. The second-order valence-electron chi connectivity index (χ2n) is 5.46. The zero-order valence-electron chi connectivity index (χ0n) is 15.3. The maximum absolute atomic E-state index is 4.71. The molecular formula is C20H14N4S6. The zero-order valence-corrected chi connectivity index (χ0v) is 20.2. The fourth-order valence-electron chi connectivity index (χ4n) is 2.03. The Morgan fingerprint density at radius 1 is 0.367 bits per heavy atom. The number of pyridine rings is 4. The highest BCUT2D eigenvalue weighted by molar-refractivity contribution is 8.77. The van der Waals surface area contributed by atoms with E-state index in [9.17, 15) is 0 Å². The Balaban J connectivity index is 1.31. The van der Waals surface area contributed by atoms with Crippen molar-refractivity contribution < 1.29 is 0 Å². The summed E-state index contributed by atoms with van der Waals surface area (Å²) in [6, 6.07) is 23.9. The summed E-state index contributed by atoms with van der Waals surface area (Å²) in [4.78, 5) is 18.1. The van der Waals surface area contributed by atoms with Gasteiger partial charge >= 0.3 is 0 Å². The van der Waals surface area contributed by atoms with Gasteiger partial charge in [0.05, 0.1) is 0 Å². The fourth-order valence-corrected chi connectivity index (χ4v) is 7.45. The molecule has 0 fully saturated rings. The molecule has 0 aromatic carbocycles. The first-order valence-electron chi connectivity index (χ1n) is 8.65. The second kappa shape index (κ2) is 11.9. The standard InChI is InChI=1S/C20H14N4S6/c1-3-13-21-15(7-1)25-27-17-9-5-11-19(23-17)29-30-20-12-6-10-18(24-20)28-26-16-8-2-4-14-22-16/h1-14H. The molecule has 0 aliphatic carbocycles. The molecule has 0 radical (unpaired) electrons. The van der Waals surface area contributed by atoms with Crippen molar-refractivity contribution in [1.29, 1.82) is 0 Å². The van der Waals surface area contributed by atoms with Crippen molar-refractivity contribution in [3.8, 4) is 0 Å². The molecule has 0 amide bonds. The lowest BCUT2D eigenvalue weighted by Crippen LogP contribution is -1.83. The van der Waals surface area contributed by atoms with Crippen LogP contribution in [0.5, 0.6) is 0 Å². The fraction of sp³-hybridized carbons (Fsp3) is 0. The van der Waals surface area contributed by atoms with Gasteiger partial charge in [0.25, 0.3) is 0 Å². The van der Waals surface area contributed by atoms with Crippen LogP contribution in [0.1, 0.15) is 0 Å². The lowest BCUT2D eigenvalue weighted by atomic mass is 10.5. The zero-order chi connectivity index (χ0) is 20.4. The molecule has 10 heteroatoms. The smallest absolute Gasteiger partial charge is 0.108 e. The molecule has 0 aliphatic rings. The van der Waals surface area contributed by atoms with Crippen molar-refractivity contribution >= 4 is 64.8 Å². The molecule has 4 rings (SSSR count). The van der Waals surface area contributed by atoms with E-state index in [2.05, 4.69) is 9.97 Å². The van der Waals surface area contributed by atoms with Crippen molar-refractivity contribution in [3.05, 3.63) is 85.2 Å². The van der Waals surface area contributed by atoms with Crippen molar-refractivity contribution in [2.75, 3.05) is 0 Å². The largest absolute Gasteiger partial charge is 0.249 e. The van der Waals surface area contributed by atoms with E-state index in [0.717, 1.165) is 30.2 Å². The summed E-state index contributed by atoms with van der Waals surface area (Å²) in [5.74, 6) is 0. The molecule has 150 valence electrons. The number of hydrogen-bond acceptors (Lipinski definition) is 10. The van der Waals surface area contributed by atoms with E-state index in [0.29, 0.717) is 0 Å². The number of aromatic nitrogens is 4. The Kier molecular flexibility index (Phi) is 8.71. The Morgan fingerprint density at radius 3 is 1.03 bits per heavy atom. The molecule has 0 bridgehead atoms. The molecule has 0 saturated heterocycles. The van der Waals surface area contributed by atoms with Crippen molar-refractivity contribution in [1.82, 2.24) is 19.9 Å². The molecule has 30 heavy (non-hydrogen) atoms. The molecular weight excluding hydrogens is 489 g/mol. The van der Waals surface area contributed by atoms with E-state index in [1.807, 2.05) is 72.8 Å². The molecule has 4 nitrogen and oxygen atoms in total. The van der Waals surface area contributed by atoms with Gasteiger partial charge in [-0.15, -0.1) is 0 Å². The van der Waals surface area contributed by atoms with Crippen LogP contribution < -0.4 is 0 Å². The minimum atomic E-state index is 0.953. The monoisotopic (exact) mass is 502 g/mol. The molecule has 4 heterocycles. The minimum absolute atomic E-state index is 0.953. The van der Waals surface area contributed by atoms with Crippen LogP contribution in [0.25, 0.3) is 0 Å². The summed E-state index contributed by atoms with van der Waals surface area (Å²) in [5.41, 5.74) is 0. The Labute approximate surface area is 198 Å². The van der Waals surface area contributed by atoms with Crippen molar-refractivity contribution in [2.24, 2.45) is 0 Å². The third kappa shape index (κ3) is 7.14. The summed E-state index contributed by atoms with van der Waals surface area (Å²) in [7, 11) is 9.65. The minimum Gasteiger partial charge on any atom is -0.249 e. The van der Waals surface area contributed by atoms with Crippen LogP contribution >= 0.6 is 64.8 Å².